The van der Waals surface area contributed by atoms with Crippen LogP contribution in [0, 0.1) is 0 Å². The average molecular weight is 311 g/mol. The SMILES string of the molecule is O=C(CCc1ccc(Br)cc1)Nc1cncs1. The highest BCUT2D eigenvalue weighted by Crippen LogP contribution is 2.14. The third-order valence-electron chi connectivity index (χ3n) is 2.25. The van der Waals surface area contributed by atoms with Crippen LogP contribution in [0.2, 0.25) is 0 Å². The second kappa shape index (κ2) is 5.93. The molecule has 0 aliphatic heterocycles. The van der Waals surface area contributed by atoms with E-state index < -0.39 is 0 Å². The number of aryl methyl sites for hydroxylation is 1. The first kappa shape index (κ1) is 12.3. The summed E-state index contributed by atoms with van der Waals surface area (Å²) in [7, 11) is 0. The molecule has 17 heavy (non-hydrogen) atoms. The van der Waals surface area contributed by atoms with Crippen molar-refractivity contribution in [1.82, 2.24) is 4.98 Å². The monoisotopic (exact) mass is 310 g/mol. The van der Waals surface area contributed by atoms with Gasteiger partial charge in [-0.15, -0.1) is 11.3 Å². The van der Waals surface area contributed by atoms with Crippen LogP contribution in [0.5, 0.6) is 0 Å². The number of aromatic nitrogens is 1. The van der Waals surface area contributed by atoms with E-state index in [0.717, 1.165) is 21.5 Å². The van der Waals surface area contributed by atoms with Crippen LogP contribution >= 0.6 is 27.3 Å². The summed E-state index contributed by atoms with van der Waals surface area (Å²) in [4.78, 5) is 15.5. The maximum Gasteiger partial charge on any atom is 0.225 e. The number of hydrogen-bond acceptors (Lipinski definition) is 3. The standard InChI is InChI=1S/C12H11BrN2OS/c13-10-4-1-9(2-5-10)3-6-11(16)15-12-7-14-8-17-12/h1-2,4-5,7-8H,3,6H2,(H,15,16). The zero-order chi connectivity index (χ0) is 12.1. The van der Waals surface area contributed by atoms with Gasteiger partial charge in [0.15, 0.2) is 0 Å². The summed E-state index contributed by atoms with van der Waals surface area (Å²) in [5.74, 6) is 0.0252. The number of carbonyl (C=O) groups is 1. The third kappa shape index (κ3) is 3.94. The molecule has 5 heteroatoms. The molecule has 0 radical (unpaired) electrons. The van der Waals surface area contributed by atoms with Gasteiger partial charge in [-0.3, -0.25) is 9.78 Å². The van der Waals surface area contributed by atoms with Crippen molar-refractivity contribution in [3.05, 3.63) is 46.0 Å². The fourth-order valence-corrected chi connectivity index (χ4v) is 2.18. The van der Waals surface area contributed by atoms with Gasteiger partial charge in [-0.2, -0.15) is 0 Å². The summed E-state index contributed by atoms with van der Waals surface area (Å²) in [5, 5.41) is 3.61. The van der Waals surface area contributed by atoms with Gasteiger partial charge in [0.1, 0.15) is 5.00 Å². The minimum atomic E-state index is 0.0252. The minimum Gasteiger partial charge on any atom is -0.316 e. The highest BCUT2D eigenvalue weighted by atomic mass is 79.9. The van der Waals surface area contributed by atoms with Gasteiger partial charge in [0.25, 0.3) is 0 Å². The predicted octanol–water partition coefficient (Wildman–Crippen LogP) is 3.48. The molecular weight excluding hydrogens is 300 g/mol. The molecule has 0 unspecified atom stereocenters. The van der Waals surface area contributed by atoms with Gasteiger partial charge in [0.2, 0.25) is 5.91 Å². The fourth-order valence-electron chi connectivity index (χ4n) is 1.39. The first-order valence-corrected chi connectivity index (χ1v) is 6.84. The lowest BCUT2D eigenvalue weighted by Crippen LogP contribution is -2.11. The highest BCUT2D eigenvalue weighted by Gasteiger charge is 2.03. The van der Waals surface area contributed by atoms with Crippen LogP contribution < -0.4 is 5.32 Å². The molecule has 0 fully saturated rings. The molecule has 0 spiro atoms. The predicted molar refractivity (Wildman–Crippen MR) is 73.2 cm³/mol. The number of benzene rings is 1. The number of halogens is 1. The maximum absolute atomic E-state index is 11.6. The Morgan fingerprint density at radius 1 is 1.35 bits per heavy atom. The Morgan fingerprint density at radius 2 is 2.12 bits per heavy atom. The molecule has 2 aromatic rings. The molecule has 1 aromatic carbocycles. The topological polar surface area (TPSA) is 42.0 Å². The number of hydrogen-bond donors (Lipinski definition) is 1. The van der Waals surface area contributed by atoms with Crippen LogP contribution in [0.25, 0.3) is 0 Å². The average Bonchev–Trinajstić information content (AvgIpc) is 2.81. The van der Waals surface area contributed by atoms with Crippen molar-refractivity contribution in [1.29, 1.82) is 0 Å². The van der Waals surface area contributed by atoms with E-state index in [2.05, 4.69) is 26.2 Å². The third-order valence-corrected chi connectivity index (χ3v) is 3.47. The maximum atomic E-state index is 11.6. The molecule has 1 amide bonds. The molecule has 1 aromatic heterocycles. The molecule has 0 saturated heterocycles. The summed E-state index contributed by atoms with van der Waals surface area (Å²) < 4.78 is 1.05. The number of carbonyl (C=O) groups excluding carboxylic acids is 1. The van der Waals surface area contributed by atoms with Crippen molar-refractivity contribution in [3.8, 4) is 0 Å². The molecule has 0 saturated carbocycles. The molecule has 1 heterocycles. The van der Waals surface area contributed by atoms with Crippen LogP contribution in [0.1, 0.15) is 12.0 Å². The first-order valence-electron chi connectivity index (χ1n) is 5.17. The van der Waals surface area contributed by atoms with Gasteiger partial charge in [0, 0.05) is 10.9 Å². The van der Waals surface area contributed by atoms with Crippen molar-refractivity contribution in [2.75, 3.05) is 5.32 Å². The smallest absolute Gasteiger partial charge is 0.225 e. The van der Waals surface area contributed by atoms with Crippen LogP contribution in [0.4, 0.5) is 5.00 Å². The zero-order valence-corrected chi connectivity index (χ0v) is 11.4. The minimum absolute atomic E-state index is 0.0252. The van der Waals surface area contributed by atoms with Gasteiger partial charge in [-0.05, 0) is 24.1 Å². The second-order valence-corrected chi connectivity index (χ2v) is 5.34. The van der Waals surface area contributed by atoms with Gasteiger partial charge in [0.05, 0.1) is 11.7 Å². The molecule has 0 aliphatic rings. The lowest BCUT2D eigenvalue weighted by atomic mass is 10.1. The Kier molecular flexibility index (Phi) is 4.28. The number of anilines is 1. The first-order chi connectivity index (χ1) is 8.24. The molecule has 0 aliphatic carbocycles. The van der Waals surface area contributed by atoms with E-state index in [9.17, 15) is 4.79 Å². The molecule has 1 N–H and O–H groups in total. The summed E-state index contributed by atoms with van der Waals surface area (Å²) in [6.07, 6.45) is 2.89. The zero-order valence-electron chi connectivity index (χ0n) is 9.02. The Hall–Kier alpha value is -1.20. The molecule has 0 atom stereocenters. The van der Waals surface area contributed by atoms with Crippen molar-refractivity contribution >= 4 is 38.2 Å². The van der Waals surface area contributed by atoms with Gasteiger partial charge in [-0.25, -0.2) is 0 Å². The molecule has 2 rings (SSSR count). The Bertz CT molecular complexity index is 482. The lowest BCUT2D eigenvalue weighted by Gasteiger charge is -2.02. The Balaban J connectivity index is 1.82. The second-order valence-electron chi connectivity index (χ2n) is 3.54. The van der Waals surface area contributed by atoms with Gasteiger partial charge in [-0.1, -0.05) is 28.1 Å². The number of nitrogens with zero attached hydrogens (tertiary/aromatic N) is 1. The van der Waals surface area contributed by atoms with E-state index in [4.69, 9.17) is 0 Å². The van der Waals surface area contributed by atoms with E-state index in [1.807, 2.05) is 24.3 Å². The van der Waals surface area contributed by atoms with Crippen molar-refractivity contribution in [2.45, 2.75) is 12.8 Å². The fraction of sp³-hybridized carbons (Fsp3) is 0.167. The van der Waals surface area contributed by atoms with Crippen LogP contribution in [0.3, 0.4) is 0 Å². The van der Waals surface area contributed by atoms with E-state index >= 15 is 0 Å². The van der Waals surface area contributed by atoms with E-state index in [1.165, 1.54) is 11.3 Å². The van der Waals surface area contributed by atoms with Crippen molar-refractivity contribution < 1.29 is 4.79 Å². The molecular formula is C12H11BrN2OS. The van der Waals surface area contributed by atoms with E-state index in [1.54, 1.807) is 11.7 Å². The molecule has 3 nitrogen and oxygen atoms in total. The summed E-state index contributed by atoms with van der Waals surface area (Å²) in [6.45, 7) is 0. The van der Waals surface area contributed by atoms with Crippen molar-refractivity contribution in [3.63, 3.8) is 0 Å². The summed E-state index contributed by atoms with van der Waals surface area (Å²) >= 11 is 4.81. The quantitative estimate of drug-likeness (QED) is 0.939. The van der Waals surface area contributed by atoms with Crippen LogP contribution in [-0.2, 0) is 11.2 Å². The summed E-state index contributed by atoms with van der Waals surface area (Å²) in [6, 6.07) is 8.00. The van der Waals surface area contributed by atoms with Crippen LogP contribution in [0.15, 0.2) is 40.4 Å². The van der Waals surface area contributed by atoms with Gasteiger partial charge >= 0.3 is 0 Å². The highest BCUT2D eigenvalue weighted by molar-refractivity contribution is 9.10. The Labute approximate surface area is 112 Å². The van der Waals surface area contributed by atoms with Gasteiger partial charge < -0.3 is 5.32 Å². The number of nitrogens with one attached hydrogen (secondary N) is 1. The number of thiazole rings is 1. The number of amides is 1. The molecule has 88 valence electrons. The normalized spacial score (nSPS) is 10.2. The lowest BCUT2D eigenvalue weighted by molar-refractivity contribution is -0.116. The van der Waals surface area contributed by atoms with E-state index in [-0.39, 0.29) is 5.91 Å². The Morgan fingerprint density at radius 3 is 2.76 bits per heavy atom. The largest absolute Gasteiger partial charge is 0.316 e. The summed E-state index contributed by atoms with van der Waals surface area (Å²) in [5.41, 5.74) is 2.86. The van der Waals surface area contributed by atoms with Crippen molar-refractivity contribution in [2.24, 2.45) is 0 Å². The van der Waals surface area contributed by atoms with E-state index in [0.29, 0.717) is 6.42 Å². The number of rotatable bonds is 4. The van der Waals surface area contributed by atoms with Crippen LogP contribution in [-0.4, -0.2) is 10.9 Å². The molecule has 0 bridgehead atoms.